The lowest BCUT2D eigenvalue weighted by atomic mass is 9.91. The van der Waals surface area contributed by atoms with Crippen LogP contribution in [0.15, 0.2) is 91.0 Å². The highest BCUT2D eigenvalue weighted by atomic mass is 16.6. The van der Waals surface area contributed by atoms with E-state index in [9.17, 15) is 28.8 Å². The molecule has 0 radical (unpaired) electrons. The second kappa shape index (κ2) is 22.9. The van der Waals surface area contributed by atoms with E-state index in [0.29, 0.717) is 25.4 Å². The zero-order valence-electron chi connectivity index (χ0n) is 34.2. The minimum Gasteiger partial charge on any atom is -0.461 e. The third-order valence-electron chi connectivity index (χ3n) is 9.71. The number of carbonyl (C=O) groups is 6. The van der Waals surface area contributed by atoms with Crippen molar-refractivity contribution in [2.45, 2.75) is 104 Å². The predicted octanol–water partition coefficient (Wildman–Crippen LogP) is 5.74. The monoisotopic (exact) mass is 798 g/mol. The molecule has 13 heteroatoms. The maximum atomic E-state index is 13.9. The smallest absolute Gasteiger partial charge is 0.410 e. The molecule has 3 aromatic carbocycles. The van der Waals surface area contributed by atoms with Gasteiger partial charge in [-0.25, -0.2) is 9.59 Å². The minimum absolute atomic E-state index is 0.0128. The van der Waals surface area contributed by atoms with Gasteiger partial charge in [0.25, 0.3) is 0 Å². The molecule has 0 spiro atoms. The quantitative estimate of drug-likeness (QED) is 0.114. The van der Waals surface area contributed by atoms with E-state index >= 15 is 0 Å². The lowest BCUT2D eigenvalue weighted by molar-refractivity contribution is -0.150. The molecule has 1 heterocycles. The Morgan fingerprint density at radius 1 is 0.759 bits per heavy atom. The molecule has 1 aliphatic rings. The van der Waals surface area contributed by atoms with Crippen molar-refractivity contribution in [3.8, 4) is 0 Å². The fourth-order valence-corrected chi connectivity index (χ4v) is 6.54. The van der Waals surface area contributed by atoms with Crippen molar-refractivity contribution in [2.24, 2.45) is 5.92 Å². The van der Waals surface area contributed by atoms with Crippen molar-refractivity contribution in [1.29, 1.82) is 0 Å². The maximum Gasteiger partial charge on any atom is 0.410 e. The molecular formula is C45H58N4O9. The van der Waals surface area contributed by atoms with Crippen LogP contribution in [-0.4, -0.2) is 89.4 Å². The van der Waals surface area contributed by atoms with Gasteiger partial charge in [0.05, 0.1) is 13.0 Å². The van der Waals surface area contributed by atoms with Gasteiger partial charge in [0, 0.05) is 32.5 Å². The summed E-state index contributed by atoms with van der Waals surface area (Å²) in [4.78, 5) is 82.8. The molecule has 4 rings (SSSR count). The number of hydrogen-bond acceptors (Lipinski definition) is 9. The largest absolute Gasteiger partial charge is 0.461 e. The lowest BCUT2D eigenvalue weighted by Crippen LogP contribution is -2.54. The van der Waals surface area contributed by atoms with E-state index in [-0.39, 0.29) is 51.1 Å². The van der Waals surface area contributed by atoms with Gasteiger partial charge in [-0.05, 0) is 76.0 Å². The average Bonchev–Trinajstić information content (AvgIpc) is 3.21. The van der Waals surface area contributed by atoms with Crippen molar-refractivity contribution in [3.63, 3.8) is 0 Å². The highest BCUT2D eigenvalue weighted by Gasteiger charge is 2.31. The summed E-state index contributed by atoms with van der Waals surface area (Å²) in [5, 5.41) is 5.34. The van der Waals surface area contributed by atoms with Gasteiger partial charge < -0.3 is 34.6 Å². The number of nitrogens with zero attached hydrogens (tertiary/aromatic N) is 2. The molecule has 1 saturated heterocycles. The zero-order chi connectivity index (χ0) is 41.9. The van der Waals surface area contributed by atoms with Gasteiger partial charge in [0.15, 0.2) is 0 Å². The Bertz CT molecular complexity index is 1780. The number of ether oxygens (including phenoxy) is 3. The molecule has 2 atom stereocenters. The summed E-state index contributed by atoms with van der Waals surface area (Å²) in [7, 11) is 0. The van der Waals surface area contributed by atoms with E-state index in [4.69, 9.17) is 14.2 Å². The Morgan fingerprint density at radius 2 is 1.31 bits per heavy atom. The highest BCUT2D eigenvalue weighted by Crippen LogP contribution is 2.24. The first-order valence-electron chi connectivity index (χ1n) is 20.1. The summed E-state index contributed by atoms with van der Waals surface area (Å²) in [5.74, 6) is -2.70. The summed E-state index contributed by atoms with van der Waals surface area (Å²) in [5.41, 5.74) is 1.72. The van der Waals surface area contributed by atoms with Crippen molar-refractivity contribution in [2.75, 3.05) is 26.2 Å². The Kier molecular flexibility index (Phi) is 17.7. The number of rotatable bonds is 19. The van der Waals surface area contributed by atoms with Crippen LogP contribution >= 0.6 is 0 Å². The molecule has 0 aliphatic carbocycles. The van der Waals surface area contributed by atoms with E-state index < -0.39 is 47.9 Å². The second-order valence-electron chi connectivity index (χ2n) is 15.5. The first kappa shape index (κ1) is 45.0. The molecule has 0 saturated carbocycles. The number of piperidine rings is 1. The fraction of sp³-hybridized carbons (Fsp3) is 0.467. The highest BCUT2D eigenvalue weighted by molar-refractivity contribution is 5.94. The number of amides is 4. The summed E-state index contributed by atoms with van der Waals surface area (Å²) in [6.07, 6.45) is 2.57. The van der Waals surface area contributed by atoms with Crippen molar-refractivity contribution in [3.05, 3.63) is 108 Å². The van der Waals surface area contributed by atoms with Crippen LogP contribution in [0.3, 0.4) is 0 Å². The summed E-state index contributed by atoms with van der Waals surface area (Å²) in [6.45, 7) is 8.36. The molecule has 13 nitrogen and oxygen atoms in total. The standard InChI is InChI=1S/C45H58N4O9/c1-5-48(40(51)23-15-22-33-24-26-49(27-25-33)44(55)58-45(2,3)4)30-39(50)46-37(29-41(52)56-31-35-18-11-7-12-19-35)42(53)47-38(28-34-16-9-6-10-17-34)43(54)57-32-36-20-13-8-14-21-36/h6-14,16-21,33,37-38H,5,15,22-32H2,1-4H3,(H,46,50)(H,47,53)/t37-,38-/m0/s1. The number of hydrogen-bond donors (Lipinski definition) is 2. The van der Waals surface area contributed by atoms with Crippen LogP contribution < -0.4 is 10.6 Å². The number of benzene rings is 3. The third-order valence-corrected chi connectivity index (χ3v) is 9.71. The van der Waals surface area contributed by atoms with Crippen LogP contribution in [0.25, 0.3) is 0 Å². The van der Waals surface area contributed by atoms with Crippen molar-refractivity contribution in [1.82, 2.24) is 20.4 Å². The van der Waals surface area contributed by atoms with E-state index in [2.05, 4.69) is 10.6 Å². The van der Waals surface area contributed by atoms with Crippen LogP contribution in [0.1, 0.15) is 82.9 Å². The summed E-state index contributed by atoms with van der Waals surface area (Å²) < 4.78 is 16.5. The van der Waals surface area contributed by atoms with E-state index in [1.54, 1.807) is 24.0 Å². The molecular weight excluding hydrogens is 741 g/mol. The molecule has 4 amide bonds. The molecule has 0 unspecified atom stereocenters. The second-order valence-corrected chi connectivity index (χ2v) is 15.5. The normalized spacial score (nSPS) is 14.0. The fourth-order valence-electron chi connectivity index (χ4n) is 6.54. The number of nitrogens with one attached hydrogen (secondary N) is 2. The first-order valence-corrected chi connectivity index (χ1v) is 20.1. The zero-order valence-corrected chi connectivity index (χ0v) is 34.2. The van der Waals surface area contributed by atoms with Crippen LogP contribution in [-0.2, 0) is 57.8 Å². The topological polar surface area (TPSA) is 161 Å². The molecule has 2 N–H and O–H groups in total. The van der Waals surface area contributed by atoms with Gasteiger partial charge in [-0.15, -0.1) is 0 Å². The first-order chi connectivity index (χ1) is 27.8. The minimum atomic E-state index is -1.42. The number of esters is 2. The van der Waals surface area contributed by atoms with E-state index in [1.165, 1.54) is 4.90 Å². The van der Waals surface area contributed by atoms with Crippen molar-refractivity contribution >= 4 is 35.8 Å². The van der Waals surface area contributed by atoms with E-state index in [1.807, 2.05) is 99.6 Å². The molecule has 312 valence electrons. The number of likely N-dealkylation sites (tertiary alicyclic amines) is 1. The maximum absolute atomic E-state index is 13.9. The lowest BCUT2D eigenvalue weighted by Gasteiger charge is -2.33. The molecule has 0 bridgehead atoms. The Labute approximate surface area is 341 Å². The van der Waals surface area contributed by atoms with Crippen LogP contribution in [0.4, 0.5) is 4.79 Å². The third kappa shape index (κ3) is 16.0. The van der Waals surface area contributed by atoms with E-state index in [0.717, 1.165) is 36.0 Å². The molecule has 1 fully saturated rings. The number of likely N-dealkylation sites (N-methyl/N-ethyl adjacent to an activating group) is 1. The molecule has 1 aliphatic heterocycles. The predicted molar refractivity (Wildman–Crippen MR) is 218 cm³/mol. The van der Waals surface area contributed by atoms with Crippen LogP contribution in [0.5, 0.6) is 0 Å². The van der Waals surface area contributed by atoms with Gasteiger partial charge in [-0.1, -0.05) is 91.0 Å². The summed E-state index contributed by atoms with van der Waals surface area (Å²) in [6, 6.07) is 24.7. The molecule has 58 heavy (non-hydrogen) atoms. The Hall–Kier alpha value is -5.72. The van der Waals surface area contributed by atoms with Gasteiger partial charge in [0.1, 0.15) is 30.9 Å². The molecule has 0 aromatic heterocycles. The average molecular weight is 799 g/mol. The Balaban J connectivity index is 1.37. The van der Waals surface area contributed by atoms with Gasteiger partial charge in [-0.3, -0.25) is 19.2 Å². The Morgan fingerprint density at radius 3 is 1.86 bits per heavy atom. The molecule has 3 aromatic rings. The van der Waals surface area contributed by atoms with Crippen molar-refractivity contribution < 1.29 is 43.0 Å². The van der Waals surface area contributed by atoms with Gasteiger partial charge in [0.2, 0.25) is 17.7 Å². The van der Waals surface area contributed by atoms with Gasteiger partial charge in [-0.2, -0.15) is 0 Å². The summed E-state index contributed by atoms with van der Waals surface area (Å²) >= 11 is 0. The number of carbonyl (C=O) groups excluding carboxylic acids is 6. The SMILES string of the molecule is CCN(CC(=O)N[C@@H](CC(=O)OCc1ccccc1)C(=O)N[C@@H](Cc1ccccc1)C(=O)OCc1ccccc1)C(=O)CCCC1CCN(C(=O)OC(C)(C)C)CC1. The van der Waals surface area contributed by atoms with Gasteiger partial charge >= 0.3 is 18.0 Å². The van der Waals surface area contributed by atoms with Crippen LogP contribution in [0, 0.1) is 5.92 Å². The van der Waals surface area contributed by atoms with Crippen LogP contribution in [0.2, 0.25) is 0 Å².